The molecule has 4 heteroatoms. The van der Waals surface area contributed by atoms with E-state index in [4.69, 9.17) is 0 Å². The number of aryl methyl sites for hydroxylation is 4. The molecule has 0 aliphatic heterocycles. The van der Waals surface area contributed by atoms with Crippen molar-refractivity contribution in [3.05, 3.63) is 69.8 Å². The third-order valence-corrected chi connectivity index (χ3v) is 9.31. The van der Waals surface area contributed by atoms with Crippen molar-refractivity contribution >= 4 is 11.8 Å². The van der Waals surface area contributed by atoms with Gasteiger partial charge in [0.25, 0.3) is 11.8 Å². The number of nitrogens with one attached hydrogen (secondary N) is 2. The van der Waals surface area contributed by atoms with E-state index in [1.807, 2.05) is 50.2 Å². The number of carbonyl (C=O) groups is 2. The molecular formula is C29H36N2O2. The van der Waals surface area contributed by atoms with Gasteiger partial charge in [-0.15, -0.1) is 0 Å². The van der Waals surface area contributed by atoms with Crippen molar-refractivity contribution in [2.24, 2.45) is 29.1 Å². The fourth-order valence-electron chi connectivity index (χ4n) is 7.24. The van der Waals surface area contributed by atoms with Gasteiger partial charge in [-0.25, -0.2) is 0 Å². The van der Waals surface area contributed by atoms with Gasteiger partial charge in [0.15, 0.2) is 0 Å². The molecule has 2 amide bonds. The summed E-state index contributed by atoms with van der Waals surface area (Å²) in [5.74, 6) is 2.48. The molecule has 5 rings (SSSR count). The molecule has 174 valence electrons. The van der Waals surface area contributed by atoms with Crippen LogP contribution in [0.15, 0.2) is 36.4 Å². The number of carbonyl (C=O) groups excluding carboxylic acids is 2. The summed E-state index contributed by atoms with van der Waals surface area (Å²) >= 11 is 0. The predicted octanol–water partition coefficient (Wildman–Crippen LogP) is 5.13. The van der Waals surface area contributed by atoms with Crippen LogP contribution in [0.5, 0.6) is 0 Å². The lowest BCUT2D eigenvalue weighted by atomic mass is 9.89. The van der Waals surface area contributed by atoms with E-state index in [0.717, 1.165) is 34.1 Å². The predicted molar refractivity (Wildman–Crippen MR) is 131 cm³/mol. The van der Waals surface area contributed by atoms with Crippen molar-refractivity contribution in [2.75, 3.05) is 13.1 Å². The van der Waals surface area contributed by atoms with Crippen molar-refractivity contribution in [1.29, 1.82) is 0 Å². The summed E-state index contributed by atoms with van der Waals surface area (Å²) in [6, 6.07) is 11.8. The lowest BCUT2D eigenvalue weighted by molar-refractivity contribution is 0.0938. The van der Waals surface area contributed by atoms with Crippen LogP contribution in [0.3, 0.4) is 0 Å². The van der Waals surface area contributed by atoms with Crippen molar-refractivity contribution in [3.8, 4) is 0 Å². The fourth-order valence-corrected chi connectivity index (χ4v) is 7.24. The maximum atomic E-state index is 12.9. The summed E-state index contributed by atoms with van der Waals surface area (Å²) in [6.07, 6.45) is 5.25. The second kappa shape index (κ2) is 8.30. The first-order chi connectivity index (χ1) is 15.8. The Bertz CT molecular complexity index is 1010. The first kappa shape index (κ1) is 22.2. The zero-order valence-corrected chi connectivity index (χ0v) is 20.3. The molecule has 2 aromatic rings. The zero-order chi connectivity index (χ0) is 23.3. The van der Waals surface area contributed by atoms with E-state index in [-0.39, 0.29) is 11.8 Å². The van der Waals surface area contributed by atoms with Crippen LogP contribution in [-0.4, -0.2) is 24.9 Å². The molecule has 1 spiro atoms. The average Bonchev–Trinajstić information content (AvgIpc) is 3.12. The number of rotatable bonds is 6. The lowest BCUT2D eigenvalue weighted by Gasteiger charge is -2.18. The third-order valence-electron chi connectivity index (χ3n) is 9.31. The Kier molecular flexibility index (Phi) is 5.58. The van der Waals surface area contributed by atoms with Gasteiger partial charge in [-0.1, -0.05) is 12.1 Å². The molecule has 0 radical (unpaired) electrons. The molecule has 3 fully saturated rings. The highest BCUT2D eigenvalue weighted by molar-refractivity contribution is 5.95. The van der Waals surface area contributed by atoms with Crippen LogP contribution in [0.4, 0.5) is 0 Å². The Balaban J connectivity index is 1.26. The minimum absolute atomic E-state index is 0.0170. The molecule has 3 aliphatic carbocycles. The Morgan fingerprint density at radius 2 is 1.09 bits per heavy atom. The average molecular weight is 445 g/mol. The topological polar surface area (TPSA) is 58.2 Å². The second-order valence-electron chi connectivity index (χ2n) is 10.8. The molecule has 3 saturated carbocycles. The molecule has 0 aromatic heterocycles. The molecule has 0 heterocycles. The molecule has 4 nitrogen and oxygen atoms in total. The minimum atomic E-state index is 0.0170. The normalized spacial score (nSPS) is 29.3. The van der Waals surface area contributed by atoms with Gasteiger partial charge in [-0.05, 0) is 129 Å². The van der Waals surface area contributed by atoms with Crippen molar-refractivity contribution in [2.45, 2.75) is 53.4 Å². The smallest absolute Gasteiger partial charge is 0.251 e. The monoisotopic (exact) mass is 444 g/mol. The highest BCUT2D eigenvalue weighted by atomic mass is 16.2. The van der Waals surface area contributed by atoms with Gasteiger partial charge in [-0.2, -0.15) is 0 Å². The molecule has 33 heavy (non-hydrogen) atoms. The lowest BCUT2D eigenvalue weighted by Crippen LogP contribution is -2.29. The summed E-state index contributed by atoms with van der Waals surface area (Å²) in [4.78, 5) is 25.7. The third kappa shape index (κ3) is 3.68. The van der Waals surface area contributed by atoms with Crippen LogP contribution >= 0.6 is 0 Å². The van der Waals surface area contributed by atoms with E-state index in [1.54, 1.807) is 0 Å². The van der Waals surface area contributed by atoms with Gasteiger partial charge in [0, 0.05) is 24.2 Å². The number of hydrogen-bond acceptors (Lipinski definition) is 2. The van der Waals surface area contributed by atoms with Crippen LogP contribution in [-0.2, 0) is 0 Å². The van der Waals surface area contributed by atoms with Crippen LogP contribution in [0.25, 0.3) is 0 Å². The molecule has 2 bridgehead atoms. The van der Waals surface area contributed by atoms with Crippen LogP contribution in [0.2, 0.25) is 0 Å². The van der Waals surface area contributed by atoms with Crippen LogP contribution in [0.1, 0.15) is 68.7 Å². The minimum Gasteiger partial charge on any atom is -0.352 e. The van der Waals surface area contributed by atoms with Crippen LogP contribution < -0.4 is 10.6 Å². The zero-order valence-electron chi connectivity index (χ0n) is 20.3. The quantitative estimate of drug-likeness (QED) is 0.649. The van der Waals surface area contributed by atoms with Crippen molar-refractivity contribution in [3.63, 3.8) is 0 Å². The Hall–Kier alpha value is -2.62. The summed E-state index contributed by atoms with van der Waals surface area (Å²) in [5, 5.41) is 6.48. The van der Waals surface area contributed by atoms with E-state index in [0.29, 0.717) is 30.3 Å². The maximum absolute atomic E-state index is 12.9. The molecule has 2 unspecified atom stereocenters. The summed E-state index contributed by atoms with van der Waals surface area (Å²) in [7, 11) is 0. The van der Waals surface area contributed by atoms with Gasteiger partial charge in [0.1, 0.15) is 0 Å². The SMILES string of the molecule is Cc1ccc(C(=O)NCC2C(CNC(=O)c3ccc(C)c(C)c3)C23C2CCC3CC2)cc1C. The standard InChI is InChI=1S/C29H36N2O2/c1-17-5-7-21(13-19(17)3)27(32)30-15-25-26(29(25)23-9-10-24(29)12-11-23)16-31-28(33)22-8-6-18(2)20(4)14-22/h5-8,13-14,23-26H,9-12,15-16H2,1-4H3,(H,30,32)(H,31,33). The highest BCUT2D eigenvalue weighted by Crippen LogP contribution is 2.77. The second-order valence-corrected chi connectivity index (χ2v) is 10.8. The molecule has 3 aliphatic rings. The van der Waals surface area contributed by atoms with E-state index in [9.17, 15) is 9.59 Å². The van der Waals surface area contributed by atoms with E-state index < -0.39 is 0 Å². The van der Waals surface area contributed by atoms with E-state index in [1.165, 1.54) is 36.8 Å². The largest absolute Gasteiger partial charge is 0.352 e. The highest BCUT2D eigenvalue weighted by Gasteiger charge is 2.74. The number of benzene rings is 2. The first-order valence-electron chi connectivity index (χ1n) is 12.5. The summed E-state index contributed by atoms with van der Waals surface area (Å²) in [6.45, 7) is 9.65. The summed E-state index contributed by atoms with van der Waals surface area (Å²) in [5.41, 5.74) is 6.50. The molecule has 2 atom stereocenters. The van der Waals surface area contributed by atoms with Crippen LogP contribution in [0, 0.1) is 56.8 Å². The van der Waals surface area contributed by atoms with E-state index >= 15 is 0 Å². The molecule has 0 saturated heterocycles. The van der Waals surface area contributed by atoms with E-state index in [2.05, 4.69) is 24.5 Å². The Morgan fingerprint density at radius 1 is 0.697 bits per heavy atom. The first-order valence-corrected chi connectivity index (χ1v) is 12.5. The fraction of sp³-hybridized carbons (Fsp3) is 0.517. The van der Waals surface area contributed by atoms with Gasteiger partial charge in [0.2, 0.25) is 0 Å². The van der Waals surface area contributed by atoms with Gasteiger partial charge in [0.05, 0.1) is 0 Å². The van der Waals surface area contributed by atoms with Gasteiger partial charge in [-0.3, -0.25) is 9.59 Å². The van der Waals surface area contributed by atoms with Gasteiger partial charge < -0.3 is 10.6 Å². The molecular weight excluding hydrogens is 408 g/mol. The van der Waals surface area contributed by atoms with Crippen molar-refractivity contribution in [1.82, 2.24) is 10.6 Å². The maximum Gasteiger partial charge on any atom is 0.251 e. The number of amides is 2. The molecule has 2 N–H and O–H groups in total. The molecule has 2 aromatic carbocycles. The van der Waals surface area contributed by atoms with Gasteiger partial charge >= 0.3 is 0 Å². The number of hydrogen-bond donors (Lipinski definition) is 2. The summed E-state index contributed by atoms with van der Waals surface area (Å²) < 4.78 is 0. The Morgan fingerprint density at radius 3 is 1.45 bits per heavy atom. The van der Waals surface area contributed by atoms with Crippen molar-refractivity contribution < 1.29 is 9.59 Å². The Labute approximate surface area is 197 Å².